The maximum atomic E-state index is 11.6. The summed E-state index contributed by atoms with van der Waals surface area (Å²) in [6, 6.07) is 0. The van der Waals surface area contributed by atoms with Crippen molar-refractivity contribution >= 4 is 17.7 Å². The zero-order valence-corrected chi connectivity index (χ0v) is 12.9. The van der Waals surface area contributed by atoms with Crippen molar-refractivity contribution in [3.8, 4) is 0 Å². The van der Waals surface area contributed by atoms with E-state index in [1.54, 1.807) is 6.08 Å². The van der Waals surface area contributed by atoms with Crippen LogP contribution in [0, 0.1) is 11.8 Å². The summed E-state index contributed by atoms with van der Waals surface area (Å²) < 4.78 is 0. The number of hydrogen-bond donors (Lipinski definition) is 4. The Morgan fingerprint density at radius 2 is 1.52 bits per heavy atom. The second kappa shape index (κ2) is 9.42. The first-order valence-corrected chi connectivity index (χ1v) is 7.77. The van der Waals surface area contributed by atoms with E-state index in [1.807, 2.05) is 0 Å². The van der Waals surface area contributed by atoms with Crippen LogP contribution in [0.4, 0.5) is 0 Å². The van der Waals surface area contributed by atoms with Crippen molar-refractivity contribution in [2.24, 2.45) is 11.8 Å². The molecule has 1 rings (SSSR count). The molecule has 0 aromatic carbocycles. The summed E-state index contributed by atoms with van der Waals surface area (Å²) in [7, 11) is 0. The van der Waals surface area contributed by atoms with Gasteiger partial charge in [-0.25, -0.2) is 0 Å². The minimum Gasteiger partial charge on any atom is -0.481 e. The Hall–Kier alpha value is -1.73. The molecule has 0 heterocycles. The molecule has 0 aromatic rings. The van der Waals surface area contributed by atoms with E-state index in [9.17, 15) is 24.6 Å². The van der Waals surface area contributed by atoms with Gasteiger partial charge in [0.15, 0.2) is 0 Å². The van der Waals surface area contributed by atoms with Gasteiger partial charge < -0.3 is 20.4 Å². The molecular formula is C16H24O7. The van der Waals surface area contributed by atoms with Gasteiger partial charge in [0, 0.05) is 12.8 Å². The van der Waals surface area contributed by atoms with Gasteiger partial charge in [-0.15, -0.1) is 0 Å². The standard InChI is InChI=1S/C16H24O7/c17-10(6-8-16(22)23)5-7-12-11(13(18)9-14(12)19)3-1-2-4-15(20)21/h1-2,11-14,18-19H,3-9H2,(H,20,21)(H,22,23)/t11-,12-,13+,14+/m1/s1. The third-order valence-electron chi connectivity index (χ3n) is 4.26. The van der Waals surface area contributed by atoms with Crippen LogP contribution < -0.4 is 0 Å². The Labute approximate surface area is 134 Å². The van der Waals surface area contributed by atoms with E-state index in [4.69, 9.17) is 10.2 Å². The van der Waals surface area contributed by atoms with E-state index in [0.29, 0.717) is 12.8 Å². The van der Waals surface area contributed by atoms with E-state index >= 15 is 0 Å². The van der Waals surface area contributed by atoms with Gasteiger partial charge in [0.2, 0.25) is 0 Å². The zero-order valence-electron chi connectivity index (χ0n) is 12.9. The number of hydrogen-bond acceptors (Lipinski definition) is 5. The SMILES string of the molecule is O=C(O)CC=CC[C@@H]1[C@@H](CCC(=O)CCC(=O)O)[C@@H](O)C[C@@H]1O. The number of Topliss-reactive ketones (excluding diaryl/α,β-unsaturated/α-hetero) is 1. The van der Waals surface area contributed by atoms with Crippen molar-refractivity contribution in [2.45, 2.75) is 57.2 Å². The zero-order chi connectivity index (χ0) is 17.4. The molecule has 0 aliphatic heterocycles. The molecule has 4 N–H and O–H groups in total. The van der Waals surface area contributed by atoms with E-state index in [0.717, 1.165) is 0 Å². The van der Waals surface area contributed by atoms with Gasteiger partial charge in [-0.2, -0.15) is 0 Å². The molecule has 1 aliphatic carbocycles. The van der Waals surface area contributed by atoms with Gasteiger partial charge in [0.05, 0.1) is 25.0 Å². The Kier molecular flexibility index (Phi) is 7.91. The number of rotatable bonds is 10. The number of ketones is 1. The van der Waals surface area contributed by atoms with Gasteiger partial charge in [-0.3, -0.25) is 14.4 Å². The fourth-order valence-corrected chi connectivity index (χ4v) is 3.04. The van der Waals surface area contributed by atoms with Crippen LogP contribution in [0.5, 0.6) is 0 Å². The third kappa shape index (κ3) is 6.92. The lowest BCUT2D eigenvalue weighted by atomic mass is 9.86. The van der Waals surface area contributed by atoms with Crippen molar-refractivity contribution in [1.29, 1.82) is 0 Å². The molecule has 0 amide bonds. The van der Waals surface area contributed by atoms with Crippen LogP contribution in [0.2, 0.25) is 0 Å². The molecule has 0 saturated heterocycles. The number of aliphatic hydroxyl groups excluding tert-OH is 2. The van der Waals surface area contributed by atoms with Crippen molar-refractivity contribution in [1.82, 2.24) is 0 Å². The van der Waals surface area contributed by atoms with Crippen molar-refractivity contribution in [3.05, 3.63) is 12.2 Å². The van der Waals surface area contributed by atoms with Crippen molar-refractivity contribution < 1.29 is 34.8 Å². The maximum Gasteiger partial charge on any atom is 0.307 e. The molecule has 23 heavy (non-hydrogen) atoms. The molecule has 1 fully saturated rings. The fourth-order valence-electron chi connectivity index (χ4n) is 3.04. The number of carboxylic acid groups (broad SMARTS) is 2. The van der Waals surface area contributed by atoms with Crippen LogP contribution in [0.15, 0.2) is 12.2 Å². The quantitative estimate of drug-likeness (QED) is 0.439. The third-order valence-corrected chi connectivity index (χ3v) is 4.26. The summed E-state index contributed by atoms with van der Waals surface area (Å²) in [4.78, 5) is 32.5. The van der Waals surface area contributed by atoms with Gasteiger partial charge >= 0.3 is 11.9 Å². The topological polar surface area (TPSA) is 132 Å². The molecular weight excluding hydrogens is 304 g/mol. The van der Waals surface area contributed by atoms with Crippen LogP contribution >= 0.6 is 0 Å². The first-order valence-electron chi connectivity index (χ1n) is 7.77. The minimum absolute atomic E-state index is 0.0239. The highest BCUT2D eigenvalue weighted by atomic mass is 16.4. The Balaban J connectivity index is 2.49. The lowest BCUT2D eigenvalue weighted by Crippen LogP contribution is -2.22. The molecule has 1 aliphatic rings. The normalized spacial score (nSPS) is 27.4. The lowest BCUT2D eigenvalue weighted by molar-refractivity contribution is -0.138. The summed E-state index contributed by atoms with van der Waals surface area (Å²) in [5.74, 6) is -2.58. The van der Waals surface area contributed by atoms with Crippen molar-refractivity contribution in [3.63, 3.8) is 0 Å². The molecule has 1 saturated carbocycles. The monoisotopic (exact) mass is 328 g/mol. The molecule has 0 unspecified atom stereocenters. The number of carbonyl (C=O) groups excluding carboxylic acids is 1. The molecule has 130 valence electrons. The van der Waals surface area contributed by atoms with E-state index in [-0.39, 0.29) is 49.7 Å². The van der Waals surface area contributed by atoms with E-state index < -0.39 is 24.1 Å². The summed E-state index contributed by atoms with van der Waals surface area (Å²) in [5.41, 5.74) is 0. The first-order chi connectivity index (χ1) is 10.8. The van der Waals surface area contributed by atoms with Gasteiger partial charge in [0.25, 0.3) is 0 Å². The van der Waals surface area contributed by atoms with Crippen LogP contribution in [0.1, 0.15) is 44.9 Å². The predicted octanol–water partition coefficient (Wildman–Crippen LogP) is 0.979. The summed E-state index contributed by atoms with van der Waals surface area (Å²) in [6.07, 6.45) is 2.75. The summed E-state index contributed by atoms with van der Waals surface area (Å²) >= 11 is 0. The van der Waals surface area contributed by atoms with Gasteiger partial charge in [-0.1, -0.05) is 12.2 Å². The Morgan fingerprint density at radius 3 is 2.13 bits per heavy atom. The van der Waals surface area contributed by atoms with Gasteiger partial charge in [-0.05, 0) is 31.1 Å². The van der Waals surface area contributed by atoms with Crippen molar-refractivity contribution in [2.75, 3.05) is 0 Å². The number of carboxylic acids is 2. The average Bonchev–Trinajstić information content (AvgIpc) is 2.72. The number of aliphatic hydroxyl groups is 2. The highest BCUT2D eigenvalue weighted by Gasteiger charge is 2.40. The summed E-state index contributed by atoms with van der Waals surface area (Å²) in [6.45, 7) is 0. The van der Waals surface area contributed by atoms with Gasteiger partial charge in [0.1, 0.15) is 5.78 Å². The molecule has 4 atom stereocenters. The second-order valence-electron chi connectivity index (χ2n) is 5.97. The Bertz CT molecular complexity index is 457. The molecule has 0 bridgehead atoms. The van der Waals surface area contributed by atoms with E-state index in [2.05, 4.69) is 0 Å². The van der Waals surface area contributed by atoms with Crippen LogP contribution in [0.25, 0.3) is 0 Å². The molecule has 0 aromatic heterocycles. The molecule has 7 heteroatoms. The highest BCUT2D eigenvalue weighted by molar-refractivity contribution is 5.82. The number of aliphatic carboxylic acids is 2. The van der Waals surface area contributed by atoms with Crippen LogP contribution in [0.3, 0.4) is 0 Å². The lowest BCUT2D eigenvalue weighted by Gasteiger charge is -2.22. The van der Waals surface area contributed by atoms with E-state index in [1.165, 1.54) is 6.08 Å². The second-order valence-corrected chi connectivity index (χ2v) is 5.97. The largest absolute Gasteiger partial charge is 0.481 e. The number of allylic oxidation sites excluding steroid dienone is 1. The smallest absolute Gasteiger partial charge is 0.307 e. The minimum atomic E-state index is -1.02. The molecule has 0 radical (unpaired) electrons. The maximum absolute atomic E-state index is 11.6. The predicted molar refractivity (Wildman–Crippen MR) is 80.7 cm³/mol. The van der Waals surface area contributed by atoms with Crippen LogP contribution in [-0.2, 0) is 14.4 Å². The Morgan fingerprint density at radius 1 is 0.870 bits per heavy atom. The highest BCUT2D eigenvalue weighted by Crippen LogP contribution is 2.38. The number of carbonyl (C=O) groups is 3. The fraction of sp³-hybridized carbons (Fsp3) is 0.688. The first kappa shape index (κ1) is 19.3. The summed E-state index contributed by atoms with van der Waals surface area (Å²) in [5, 5.41) is 37.1. The molecule has 0 spiro atoms. The van der Waals surface area contributed by atoms with Crippen LogP contribution in [-0.4, -0.2) is 50.4 Å². The molecule has 7 nitrogen and oxygen atoms in total. The average molecular weight is 328 g/mol.